The van der Waals surface area contributed by atoms with Gasteiger partial charge in [0.15, 0.2) is 0 Å². The predicted octanol–water partition coefficient (Wildman–Crippen LogP) is 3.77. The molecule has 3 rings (SSSR count). The van der Waals surface area contributed by atoms with E-state index in [0.717, 1.165) is 5.56 Å². The lowest BCUT2D eigenvalue weighted by Gasteiger charge is -2.33. The average molecular weight is 399 g/mol. The van der Waals surface area contributed by atoms with E-state index in [1.54, 1.807) is 12.1 Å². The molecule has 3 nitrogen and oxygen atoms in total. The zero-order chi connectivity index (χ0) is 17.9. The van der Waals surface area contributed by atoms with E-state index < -0.39 is 10.4 Å². The Morgan fingerprint density at radius 3 is 2.72 bits per heavy atom. The molecule has 0 aliphatic carbocycles. The van der Waals surface area contributed by atoms with Gasteiger partial charge in [-0.3, -0.25) is 14.7 Å². The second-order valence-electron chi connectivity index (χ2n) is 5.97. The van der Waals surface area contributed by atoms with Gasteiger partial charge >= 0.3 is 0 Å². The van der Waals surface area contributed by atoms with Gasteiger partial charge in [0.2, 0.25) is 5.91 Å². The Bertz CT molecular complexity index is 872. The second-order valence-corrected chi connectivity index (χ2v) is 6.88. The Hall–Kier alpha value is -2.45. The van der Waals surface area contributed by atoms with E-state index in [2.05, 4.69) is 32.8 Å². The van der Waals surface area contributed by atoms with Crippen LogP contribution in [0.3, 0.4) is 0 Å². The number of amides is 1. The van der Waals surface area contributed by atoms with Crippen molar-refractivity contribution in [1.82, 2.24) is 4.90 Å². The van der Waals surface area contributed by atoms with Crippen LogP contribution in [0.25, 0.3) is 0 Å². The summed E-state index contributed by atoms with van der Waals surface area (Å²) in [5.41, 5.74) is 0.720. The lowest BCUT2D eigenvalue weighted by Crippen LogP contribution is -2.50. The predicted molar refractivity (Wildman–Crippen MR) is 99.9 cm³/mol. The fourth-order valence-electron chi connectivity index (χ4n) is 2.46. The topological polar surface area (TPSA) is 32.7 Å². The quantitative estimate of drug-likeness (QED) is 0.559. The molecule has 1 aliphatic heterocycles. The highest BCUT2D eigenvalue weighted by atomic mass is 79.9. The smallest absolute Gasteiger partial charge is 0.245 e. The highest BCUT2D eigenvalue weighted by Crippen LogP contribution is 2.28. The molecule has 0 aromatic heterocycles. The number of alkyl halides is 1. The zero-order valence-electron chi connectivity index (χ0n) is 13.6. The van der Waals surface area contributed by atoms with Crippen LogP contribution < -0.4 is 0 Å². The standard InChI is InChI=1S/C20H16BrFN2O/c1-20(11-10-15-6-3-2-4-7-15)18(21)19(25)24(14-23-20)13-16-8-5-9-17(22)12-16/h2-9,12,14,18H,13H2,1H3. The molecule has 2 aromatic rings. The molecule has 1 heterocycles. The lowest BCUT2D eigenvalue weighted by atomic mass is 9.96. The van der Waals surface area contributed by atoms with Crippen molar-refractivity contribution < 1.29 is 9.18 Å². The first-order chi connectivity index (χ1) is 12.0. The van der Waals surface area contributed by atoms with Gasteiger partial charge in [-0.1, -0.05) is 58.1 Å². The monoisotopic (exact) mass is 398 g/mol. The first-order valence-corrected chi connectivity index (χ1v) is 8.72. The molecule has 0 N–H and O–H groups in total. The van der Waals surface area contributed by atoms with Gasteiger partial charge in [-0.25, -0.2) is 4.39 Å². The van der Waals surface area contributed by atoms with Crippen LogP contribution >= 0.6 is 15.9 Å². The van der Waals surface area contributed by atoms with Crippen molar-refractivity contribution >= 4 is 28.2 Å². The molecule has 0 radical (unpaired) electrons. The summed E-state index contributed by atoms with van der Waals surface area (Å²) in [6.07, 6.45) is 1.49. The Kier molecular flexibility index (Phi) is 5.00. The third-order valence-corrected chi connectivity index (χ3v) is 5.22. The number of hydrogen-bond acceptors (Lipinski definition) is 2. The van der Waals surface area contributed by atoms with Crippen molar-refractivity contribution in [3.05, 3.63) is 71.5 Å². The summed E-state index contributed by atoms with van der Waals surface area (Å²) >= 11 is 3.44. The fourth-order valence-corrected chi connectivity index (χ4v) is 2.96. The van der Waals surface area contributed by atoms with Crippen LogP contribution in [-0.2, 0) is 11.3 Å². The molecule has 1 amide bonds. The maximum Gasteiger partial charge on any atom is 0.245 e. The third kappa shape index (κ3) is 3.97. The fraction of sp³-hybridized carbons (Fsp3) is 0.200. The van der Waals surface area contributed by atoms with Crippen LogP contribution in [0.5, 0.6) is 0 Å². The average Bonchev–Trinajstić information content (AvgIpc) is 2.62. The number of hydrogen-bond donors (Lipinski definition) is 0. The zero-order valence-corrected chi connectivity index (χ0v) is 15.2. The molecule has 0 bridgehead atoms. The summed E-state index contributed by atoms with van der Waals surface area (Å²) in [7, 11) is 0. The molecule has 25 heavy (non-hydrogen) atoms. The van der Waals surface area contributed by atoms with Gasteiger partial charge in [0.1, 0.15) is 16.2 Å². The summed E-state index contributed by atoms with van der Waals surface area (Å²) in [6.45, 7) is 2.08. The van der Waals surface area contributed by atoms with Gasteiger partial charge in [0.25, 0.3) is 0 Å². The highest BCUT2D eigenvalue weighted by molar-refractivity contribution is 9.10. The van der Waals surface area contributed by atoms with Crippen LogP contribution in [0.4, 0.5) is 4.39 Å². The minimum Gasteiger partial charge on any atom is -0.298 e. The van der Waals surface area contributed by atoms with Gasteiger partial charge in [0, 0.05) is 5.56 Å². The van der Waals surface area contributed by atoms with Crippen LogP contribution in [0, 0.1) is 17.7 Å². The normalized spacial score (nSPS) is 22.4. The Morgan fingerprint density at radius 1 is 1.24 bits per heavy atom. The molecule has 0 spiro atoms. The van der Waals surface area contributed by atoms with E-state index in [1.807, 2.05) is 37.3 Å². The van der Waals surface area contributed by atoms with E-state index in [0.29, 0.717) is 5.56 Å². The molecule has 2 aromatic carbocycles. The highest BCUT2D eigenvalue weighted by Gasteiger charge is 2.41. The van der Waals surface area contributed by atoms with Crippen LogP contribution in [0.1, 0.15) is 18.1 Å². The van der Waals surface area contributed by atoms with E-state index >= 15 is 0 Å². The molecule has 126 valence electrons. The number of benzene rings is 2. The van der Waals surface area contributed by atoms with Crippen LogP contribution in [0.15, 0.2) is 59.6 Å². The first kappa shape index (κ1) is 17.4. The first-order valence-electron chi connectivity index (χ1n) is 7.80. The summed E-state index contributed by atoms with van der Waals surface area (Å²) in [6, 6.07) is 15.7. The lowest BCUT2D eigenvalue weighted by molar-refractivity contribution is -0.128. The minimum absolute atomic E-state index is 0.149. The third-order valence-electron chi connectivity index (χ3n) is 3.93. The number of nitrogens with zero attached hydrogens (tertiary/aromatic N) is 2. The van der Waals surface area contributed by atoms with Crippen LogP contribution in [-0.4, -0.2) is 27.5 Å². The molecule has 5 heteroatoms. The molecular formula is C20H16BrFN2O. The summed E-state index contributed by atoms with van der Waals surface area (Å²) in [5.74, 6) is 5.67. The molecule has 2 unspecified atom stereocenters. The van der Waals surface area contributed by atoms with Crippen molar-refractivity contribution in [2.24, 2.45) is 4.99 Å². The SMILES string of the molecule is CC1(C#Cc2ccccc2)N=CN(Cc2cccc(F)c2)C(=O)C1Br. The Morgan fingerprint density at radius 2 is 2.00 bits per heavy atom. The van der Waals surface area contributed by atoms with Crippen molar-refractivity contribution in [1.29, 1.82) is 0 Å². The minimum atomic E-state index is -0.856. The van der Waals surface area contributed by atoms with E-state index in [-0.39, 0.29) is 18.3 Å². The Balaban J connectivity index is 1.81. The Labute approximate surface area is 154 Å². The van der Waals surface area contributed by atoms with Gasteiger partial charge in [-0.2, -0.15) is 0 Å². The number of rotatable bonds is 2. The second kappa shape index (κ2) is 7.20. The van der Waals surface area contributed by atoms with E-state index in [4.69, 9.17) is 0 Å². The number of aliphatic imine (C=N–C) groups is 1. The van der Waals surface area contributed by atoms with Gasteiger partial charge in [-0.15, -0.1) is 0 Å². The van der Waals surface area contributed by atoms with E-state index in [1.165, 1.54) is 23.4 Å². The molecule has 0 saturated carbocycles. The van der Waals surface area contributed by atoms with Crippen molar-refractivity contribution in [2.75, 3.05) is 0 Å². The molecule has 2 atom stereocenters. The summed E-state index contributed by atoms with van der Waals surface area (Å²) in [4.78, 5) is 18.0. The molecule has 0 fully saturated rings. The number of halogens is 2. The molecule has 0 saturated heterocycles. The summed E-state index contributed by atoms with van der Waals surface area (Å²) < 4.78 is 13.3. The largest absolute Gasteiger partial charge is 0.298 e. The van der Waals surface area contributed by atoms with Crippen molar-refractivity contribution in [2.45, 2.75) is 23.8 Å². The van der Waals surface area contributed by atoms with Crippen molar-refractivity contribution in [3.63, 3.8) is 0 Å². The molecule has 1 aliphatic rings. The number of carbonyl (C=O) groups excluding carboxylic acids is 1. The summed E-state index contributed by atoms with van der Waals surface area (Å²) in [5, 5.41) is 0. The maximum atomic E-state index is 13.3. The van der Waals surface area contributed by atoms with Gasteiger partial charge in [-0.05, 0) is 36.8 Å². The maximum absolute atomic E-state index is 13.3. The number of carbonyl (C=O) groups is 1. The van der Waals surface area contributed by atoms with Gasteiger partial charge < -0.3 is 0 Å². The van der Waals surface area contributed by atoms with Crippen molar-refractivity contribution in [3.8, 4) is 11.8 Å². The molecular weight excluding hydrogens is 383 g/mol. The van der Waals surface area contributed by atoms with Crippen LogP contribution in [0.2, 0.25) is 0 Å². The van der Waals surface area contributed by atoms with E-state index in [9.17, 15) is 9.18 Å². The van der Waals surface area contributed by atoms with Gasteiger partial charge in [0.05, 0.1) is 12.9 Å².